The van der Waals surface area contributed by atoms with Crippen molar-refractivity contribution in [3.05, 3.63) is 29.6 Å². The van der Waals surface area contributed by atoms with Crippen LogP contribution in [-0.2, 0) is 11.3 Å². The number of phenolic OH excluding ortho intramolecular Hbond substituents is 1. The van der Waals surface area contributed by atoms with E-state index in [4.69, 9.17) is 4.74 Å². The van der Waals surface area contributed by atoms with Gasteiger partial charge in [-0.05, 0) is 24.6 Å². The summed E-state index contributed by atoms with van der Waals surface area (Å²) in [5.74, 6) is -0.148. The van der Waals surface area contributed by atoms with Crippen molar-refractivity contribution in [3.63, 3.8) is 0 Å². The molecule has 88 valence electrons. The third kappa shape index (κ3) is 2.93. The van der Waals surface area contributed by atoms with Crippen LogP contribution in [-0.4, -0.2) is 36.3 Å². The smallest absolute Gasteiger partial charge is 0.123 e. The fourth-order valence-corrected chi connectivity index (χ4v) is 1.88. The highest BCUT2D eigenvalue weighted by Crippen LogP contribution is 2.20. The molecule has 1 aliphatic rings. The molecule has 1 aliphatic heterocycles. The minimum absolute atomic E-state index is 0.159. The van der Waals surface area contributed by atoms with Crippen LogP contribution in [0.15, 0.2) is 18.2 Å². The second kappa shape index (κ2) is 5.27. The molecule has 0 aromatic heterocycles. The molecule has 0 aliphatic carbocycles. The Labute approximate surface area is 94.4 Å². The van der Waals surface area contributed by atoms with E-state index in [1.54, 1.807) is 0 Å². The third-order valence-electron chi connectivity index (χ3n) is 2.75. The van der Waals surface area contributed by atoms with E-state index in [1.807, 2.05) is 0 Å². The Morgan fingerprint density at radius 3 is 3.06 bits per heavy atom. The van der Waals surface area contributed by atoms with E-state index in [0.29, 0.717) is 18.7 Å². The predicted octanol–water partition coefficient (Wildman–Crippen LogP) is 1.75. The van der Waals surface area contributed by atoms with Crippen molar-refractivity contribution in [2.24, 2.45) is 0 Å². The van der Waals surface area contributed by atoms with E-state index in [9.17, 15) is 9.50 Å². The number of phenols is 1. The van der Waals surface area contributed by atoms with Crippen molar-refractivity contribution >= 4 is 0 Å². The van der Waals surface area contributed by atoms with Crippen LogP contribution in [0.1, 0.15) is 12.0 Å². The molecular weight excluding hydrogens is 209 g/mol. The summed E-state index contributed by atoms with van der Waals surface area (Å²) in [5.41, 5.74) is 0.641. The van der Waals surface area contributed by atoms with Gasteiger partial charge in [0.05, 0.1) is 6.61 Å². The van der Waals surface area contributed by atoms with Gasteiger partial charge in [0.2, 0.25) is 0 Å². The maximum atomic E-state index is 13.0. The molecule has 0 bridgehead atoms. The fraction of sp³-hybridized carbons (Fsp3) is 0.500. The minimum Gasteiger partial charge on any atom is -0.508 e. The first-order valence-corrected chi connectivity index (χ1v) is 5.53. The van der Waals surface area contributed by atoms with Crippen LogP contribution < -0.4 is 0 Å². The Hall–Kier alpha value is -1.13. The van der Waals surface area contributed by atoms with Crippen molar-refractivity contribution in [2.75, 3.05) is 26.3 Å². The molecule has 3 nitrogen and oxygen atoms in total. The number of ether oxygens (including phenoxy) is 1. The third-order valence-corrected chi connectivity index (χ3v) is 2.75. The summed E-state index contributed by atoms with van der Waals surface area (Å²) in [6.45, 7) is 3.82. The second-order valence-corrected chi connectivity index (χ2v) is 4.02. The molecule has 1 aromatic carbocycles. The van der Waals surface area contributed by atoms with Crippen molar-refractivity contribution < 1.29 is 14.2 Å². The van der Waals surface area contributed by atoms with E-state index in [2.05, 4.69) is 4.90 Å². The number of nitrogens with zero attached hydrogens (tertiary/aromatic N) is 1. The lowest BCUT2D eigenvalue weighted by atomic mass is 10.2. The van der Waals surface area contributed by atoms with E-state index in [-0.39, 0.29) is 11.6 Å². The first kappa shape index (κ1) is 11.4. The van der Waals surface area contributed by atoms with Crippen molar-refractivity contribution in [2.45, 2.75) is 13.0 Å². The highest BCUT2D eigenvalue weighted by molar-refractivity contribution is 5.32. The van der Waals surface area contributed by atoms with Crippen LogP contribution >= 0.6 is 0 Å². The van der Waals surface area contributed by atoms with Crippen LogP contribution in [0.3, 0.4) is 0 Å². The maximum Gasteiger partial charge on any atom is 0.123 e. The Morgan fingerprint density at radius 2 is 2.19 bits per heavy atom. The zero-order valence-electron chi connectivity index (χ0n) is 9.16. The summed E-state index contributed by atoms with van der Waals surface area (Å²) in [4.78, 5) is 2.17. The minimum atomic E-state index is -0.307. The van der Waals surface area contributed by atoms with Crippen LogP contribution in [0.2, 0.25) is 0 Å². The number of rotatable bonds is 2. The molecule has 1 saturated heterocycles. The van der Waals surface area contributed by atoms with Gasteiger partial charge in [-0.2, -0.15) is 0 Å². The highest BCUT2D eigenvalue weighted by atomic mass is 19.1. The van der Waals surface area contributed by atoms with Gasteiger partial charge in [-0.1, -0.05) is 0 Å². The largest absolute Gasteiger partial charge is 0.508 e. The van der Waals surface area contributed by atoms with Crippen molar-refractivity contribution in [1.29, 1.82) is 0 Å². The second-order valence-electron chi connectivity index (χ2n) is 4.02. The Morgan fingerprint density at radius 1 is 1.31 bits per heavy atom. The normalized spacial score (nSPS) is 18.3. The highest BCUT2D eigenvalue weighted by Gasteiger charge is 2.12. The molecule has 2 rings (SSSR count). The van der Waals surface area contributed by atoms with E-state index < -0.39 is 0 Å². The molecule has 0 spiro atoms. The fourth-order valence-electron chi connectivity index (χ4n) is 1.88. The molecule has 1 fully saturated rings. The molecule has 0 saturated carbocycles. The number of hydrogen-bond donors (Lipinski definition) is 1. The molecule has 1 N–H and O–H groups in total. The first-order valence-electron chi connectivity index (χ1n) is 5.53. The van der Waals surface area contributed by atoms with Crippen molar-refractivity contribution in [1.82, 2.24) is 4.90 Å². The SMILES string of the molecule is Oc1ccc(F)cc1CN1CCCOCC1. The van der Waals surface area contributed by atoms with Crippen molar-refractivity contribution in [3.8, 4) is 5.75 Å². The Kier molecular flexibility index (Phi) is 3.74. The molecule has 0 atom stereocenters. The van der Waals surface area contributed by atoms with Gasteiger partial charge in [0.1, 0.15) is 11.6 Å². The summed E-state index contributed by atoms with van der Waals surface area (Å²) in [6, 6.07) is 4.06. The Balaban J connectivity index is 2.04. The van der Waals surface area contributed by atoms with E-state index in [0.717, 1.165) is 26.1 Å². The lowest BCUT2D eigenvalue weighted by Gasteiger charge is -2.19. The standard InChI is InChI=1S/C12H16FNO2/c13-11-2-3-12(15)10(8-11)9-14-4-1-6-16-7-5-14/h2-3,8,15H,1,4-7,9H2. The van der Waals surface area contributed by atoms with E-state index in [1.165, 1.54) is 18.2 Å². The van der Waals surface area contributed by atoms with E-state index >= 15 is 0 Å². The maximum absolute atomic E-state index is 13.0. The molecule has 0 radical (unpaired) electrons. The number of halogens is 1. The summed E-state index contributed by atoms with van der Waals surface area (Å²) >= 11 is 0. The average Bonchev–Trinajstić information content (AvgIpc) is 2.52. The quantitative estimate of drug-likeness (QED) is 0.832. The summed E-state index contributed by atoms with van der Waals surface area (Å²) in [5, 5.41) is 9.61. The monoisotopic (exact) mass is 225 g/mol. The Bertz CT molecular complexity index is 349. The molecule has 0 unspecified atom stereocenters. The zero-order chi connectivity index (χ0) is 11.4. The van der Waals surface area contributed by atoms with Crippen LogP contribution in [0.5, 0.6) is 5.75 Å². The van der Waals surface area contributed by atoms with Crippen LogP contribution in [0.4, 0.5) is 4.39 Å². The van der Waals surface area contributed by atoms with Crippen LogP contribution in [0, 0.1) is 5.82 Å². The predicted molar refractivity (Wildman–Crippen MR) is 58.8 cm³/mol. The van der Waals surface area contributed by atoms with Gasteiger partial charge in [-0.15, -0.1) is 0 Å². The van der Waals surface area contributed by atoms with Gasteiger partial charge in [0, 0.05) is 31.8 Å². The average molecular weight is 225 g/mol. The molecule has 0 amide bonds. The molecular formula is C12H16FNO2. The lowest BCUT2D eigenvalue weighted by molar-refractivity contribution is 0.140. The topological polar surface area (TPSA) is 32.7 Å². The lowest BCUT2D eigenvalue weighted by Crippen LogP contribution is -2.25. The van der Waals surface area contributed by atoms with Crippen LogP contribution in [0.25, 0.3) is 0 Å². The van der Waals surface area contributed by atoms with Gasteiger partial charge in [-0.25, -0.2) is 4.39 Å². The van der Waals surface area contributed by atoms with Gasteiger partial charge in [0.15, 0.2) is 0 Å². The molecule has 4 heteroatoms. The summed E-state index contributed by atoms with van der Waals surface area (Å²) < 4.78 is 18.4. The first-order chi connectivity index (χ1) is 7.75. The van der Waals surface area contributed by atoms with Gasteiger partial charge in [0.25, 0.3) is 0 Å². The molecule has 1 heterocycles. The molecule has 1 aromatic rings. The zero-order valence-corrected chi connectivity index (χ0v) is 9.16. The number of benzene rings is 1. The van der Waals surface area contributed by atoms with Gasteiger partial charge >= 0.3 is 0 Å². The number of hydrogen-bond acceptors (Lipinski definition) is 3. The summed E-state index contributed by atoms with van der Waals surface area (Å²) in [7, 11) is 0. The number of aromatic hydroxyl groups is 1. The van der Waals surface area contributed by atoms with Gasteiger partial charge in [-0.3, -0.25) is 4.90 Å². The molecule has 16 heavy (non-hydrogen) atoms. The van der Waals surface area contributed by atoms with Gasteiger partial charge < -0.3 is 9.84 Å². The summed E-state index contributed by atoms with van der Waals surface area (Å²) in [6.07, 6.45) is 0.982.